The maximum atomic E-state index is 6.46. The third-order valence-electron chi connectivity index (χ3n) is 15.4. The Kier molecular flexibility index (Phi) is 11.0. The number of benzene rings is 13. The topological polar surface area (TPSA) is 19.6 Å². The molecule has 0 aliphatic carbocycles. The van der Waals surface area contributed by atoms with Crippen LogP contribution in [0.1, 0.15) is 0 Å². The van der Waals surface area contributed by atoms with E-state index >= 15 is 0 Å². The maximum Gasteiger partial charge on any atom is 0.135 e. The van der Waals surface area contributed by atoms with Crippen LogP contribution in [0.5, 0.6) is 0 Å². The first-order valence-electron chi connectivity index (χ1n) is 26.5. The summed E-state index contributed by atoms with van der Waals surface area (Å²) in [4.78, 5) is 4.84. The predicted molar refractivity (Wildman–Crippen MR) is 333 cm³/mol. The molecular weight excluding hydrogens is 965 g/mol. The smallest absolute Gasteiger partial charge is 0.135 e. The van der Waals surface area contributed by atoms with E-state index in [9.17, 15) is 0 Å². The van der Waals surface area contributed by atoms with E-state index in [1.54, 1.807) is 0 Å². The van der Waals surface area contributed by atoms with Crippen molar-refractivity contribution in [2.24, 2.45) is 0 Å². The van der Waals surface area contributed by atoms with Crippen molar-refractivity contribution in [1.29, 1.82) is 0 Å². The Morgan fingerprint density at radius 1 is 0.231 bits per heavy atom. The summed E-state index contributed by atoms with van der Waals surface area (Å²) in [5.74, 6) is 0. The van der Waals surface area contributed by atoms with Crippen LogP contribution in [0.15, 0.2) is 296 Å². The van der Waals surface area contributed by atoms with Crippen molar-refractivity contribution in [3.8, 4) is 44.5 Å². The molecule has 4 heteroatoms. The molecule has 0 saturated heterocycles. The summed E-state index contributed by atoms with van der Waals surface area (Å²) in [5.41, 5.74) is 17.2. The van der Waals surface area contributed by atoms with Crippen LogP contribution < -0.4 is 9.80 Å². The van der Waals surface area contributed by atoms with Crippen molar-refractivity contribution in [2.45, 2.75) is 0 Å². The fourth-order valence-corrected chi connectivity index (χ4v) is 12.7. The van der Waals surface area contributed by atoms with E-state index in [1.165, 1.54) is 58.4 Å². The van der Waals surface area contributed by atoms with Crippen LogP contribution >= 0.6 is 11.3 Å². The minimum absolute atomic E-state index is 0.854. The molecule has 0 aliphatic heterocycles. The van der Waals surface area contributed by atoms with E-state index in [0.717, 1.165) is 83.9 Å². The van der Waals surface area contributed by atoms with Gasteiger partial charge in [-0.25, -0.2) is 0 Å². The minimum Gasteiger partial charge on any atom is -0.456 e. The van der Waals surface area contributed by atoms with Gasteiger partial charge in [0.25, 0.3) is 0 Å². The lowest BCUT2D eigenvalue weighted by atomic mass is 9.92. The Bertz CT molecular complexity index is 4630. The number of hydrogen-bond donors (Lipinski definition) is 0. The molecule has 15 aromatic rings. The molecule has 78 heavy (non-hydrogen) atoms. The van der Waals surface area contributed by atoms with Crippen LogP contribution in [-0.4, -0.2) is 0 Å². The van der Waals surface area contributed by atoms with Crippen LogP contribution in [0.4, 0.5) is 34.1 Å². The first-order chi connectivity index (χ1) is 38.6. The summed E-state index contributed by atoms with van der Waals surface area (Å²) < 4.78 is 9.07. The van der Waals surface area contributed by atoms with Crippen molar-refractivity contribution in [1.82, 2.24) is 0 Å². The highest BCUT2D eigenvalue weighted by Crippen LogP contribution is 2.47. The van der Waals surface area contributed by atoms with E-state index in [4.69, 9.17) is 4.42 Å². The number of thiophene rings is 1. The second-order valence-electron chi connectivity index (χ2n) is 20.1. The van der Waals surface area contributed by atoms with Crippen molar-refractivity contribution >= 4 is 109 Å². The highest BCUT2D eigenvalue weighted by atomic mass is 32.1. The molecule has 0 saturated carbocycles. The summed E-state index contributed by atoms with van der Waals surface area (Å²) in [6.45, 7) is 0. The van der Waals surface area contributed by atoms with Gasteiger partial charge in [-0.2, -0.15) is 0 Å². The molecule has 0 spiro atoms. The van der Waals surface area contributed by atoms with E-state index in [-0.39, 0.29) is 0 Å². The van der Waals surface area contributed by atoms with Crippen LogP contribution in [-0.2, 0) is 0 Å². The molecule has 15 rings (SSSR count). The second kappa shape index (κ2) is 19.0. The van der Waals surface area contributed by atoms with Gasteiger partial charge < -0.3 is 14.2 Å². The zero-order valence-electron chi connectivity index (χ0n) is 42.4. The quantitative estimate of drug-likeness (QED) is 0.127. The minimum atomic E-state index is 0.854. The fraction of sp³-hybridized carbons (Fsp3) is 0. The van der Waals surface area contributed by atoms with Gasteiger partial charge in [0, 0.05) is 65.1 Å². The monoisotopic (exact) mass is 1010 g/mol. The van der Waals surface area contributed by atoms with Crippen molar-refractivity contribution in [2.75, 3.05) is 9.80 Å². The summed E-state index contributed by atoms with van der Waals surface area (Å²) in [6.07, 6.45) is 0. The number of furan rings is 1. The van der Waals surface area contributed by atoms with Gasteiger partial charge in [0.15, 0.2) is 0 Å². The molecule has 2 heterocycles. The molecule has 0 aliphatic rings. The van der Waals surface area contributed by atoms with Gasteiger partial charge >= 0.3 is 0 Å². The third kappa shape index (κ3) is 8.06. The molecule has 3 nitrogen and oxygen atoms in total. The van der Waals surface area contributed by atoms with Gasteiger partial charge in [-0.1, -0.05) is 188 Å². The number of fused-ring (bicyclic) bond motifs is 9. The second-order valence-corrected chi connectivity index (χ2v) is 21.1. The van der Waals surface area contributed by atoms with Gasteiger partial charge in [0.05, 0.1) is 0 Å². The fourth-order valence-electron chi connectivity index (χ4n) is 11.6. The standard InChI is InChI=1S/C74H48N2OS/c1-3-15-49(16-4-1)51-27-34-57(35-28-51)75(58-36-29-52(30-37-58)50-17-5-2-6-18-50)61-43-56(68-46-55-19-7-8-20-63(55)64-21-9-10-22-65(64)68)44-62(47-61)76(60-40-41-72-69(48-60)66-23-11-13-25-71(66)77-72)59-38-31-53(32-39-59)54-33-42-74-70(45-54)67-24-12-14-26-73(67)78-74/h1-48H. The van der Waals surface area contributed by atoms with Crippen LogP contribution in [0.2, 0.25) is 0 Å². The molecular formula is C74H48N2OS. The average Bonchev–Trinajstić information content (AvgIpc) is 4.19. The summed E-state index contributed by atoms with van der Waals surface area (Å²) in [6, 6.07) is 106. The lowest BCUT2D eigenvalue weighted by molar-refractivity contribution is 0.669. The lowest BCUT2D eigenvalue weighted by Gasteiger charge is -2.31. The molecule has 2 aromatic heterocycles. The zero-order valence-corrected chi connectivity index (χ0v) is 43.2. The number of para-hydroxylation sites is 1. The van der Waals surface area contributed by atoms with Gasteiger partial charge in [-0.05, 0) is 169 Å². The van der Waals surface area contributed by atoms with Gasteiger partial charge in [0.1, 0.15) is 11.2 Å². The Morgan fingerprint density at radius 3 is 1.35 bits per heavy atom. The number of nitrogens with zero attached hydrogens (tertiary/aromatic N) is 2. The molecule has 0 radical (unpaired) electrons. The normalized spacial score (nSPS) is 11.6. The van der Waals surface area contributed by atoms with E-state index in [2.05, 4.69) is 295 Å². The van der Waals surface area contributed by atoms with Crippen molar-refractivity contribution in [3.05, 3.63) is 291 Å². The summed E-state index contributed by atoms with van der Waals surface area (Å²) in [7, 11) is 0. The average molecular weight is 1010 g/mol. The number of rotatable bonds is 10. The summed E-state index contributed by atoms with van der Waals surface area (Å²) in [5, 5.41) is 9.59. The van der Waals surface area contributed by atoms with E-state index in [1.807, 2.05) is 17.4 Å². The lowest BCUT2D eigenvalue weighted by Crippen LogP contribution is -2.14. The van der Waals surface area contributed by atoms with Crippen LogP contribution in [0.3, 0.4) is 0 Å². The highest BCUT2D eigenvalue weighted by Gasteiger charge is 2.23. The third-order valence-corrected chi connectivity index (χ3v) is 16.6. The molecule has 0 N–H and O–H groups in total. The molecule has 0 amide bonds. The van der Waals surface area contributed by atoms with E-state index in [0.29, 0.717) is 0 Å². The molecule has 13 aromatic carbocycles. The Balaban J connectivity index is 0.970. The largest absolute Gasteiger partial charge is 0.456 e. The Morgan fingerprint density at radius 2 is 0.692 bits per heavy atom. The first kappa shape index (κ1) is 45.4. The maximum absolute atomic E-state index is 6.46. The van der Waals surface area contributed by atoms with E-state index < -0.39 is 0 Å². The zero-order chi connectivity index (χ0) is 51.5. The van der Waals surface area contributed by atoms with Crippen molar-refractivity contribution in [3.63, 3.8) is 0 Å². The Hall–Kier alpha value is -10.0. The van der Waals surface area contributed by atoms with Crippen molar-refractivity contribution < 1.29 is 4.42 Å². The molecule has 0 fully saturated rings. The Labute approximate surface area is 456 Å². The van der Waals surface area contributed by atoms with Gasteiger partial charge in [-0.15, -0.1) is 11.3 Å². The predicted octanol–water partition coefficient (Wildman–Crippen LogP) is 21.9. The number of hydrogen-bond acceptors (Lipinski definition) is 4. The molecule has 0 atom stereocenters. The SMILES string of the molecule is c1ccc(-c2ccc(N(c3ccc(-c4ccccc4)cc3)c3cc(-c4cc5ccccc5c5ccccc45)cc(N(c4ccc(-c5ccc6sc7ccccc7c6c5)cc4)c4ccc5oc6ccccc6c5c4)c3)cc2)cc1. The molecule has 366 valence electrons. The molecule has 0 unspecified atom stereocenters. The first-order valence-corrected chi connectivity index (χ1v) is 27.4. The summed E-state index contributed by atoms with van der Waals surface area (Å²) >= 11 is 1.85. The molecule has 0 bridgehead atoms. The van der Waals surface area contributed by atoms with Crippen LogP contribution in [0.25, 0.3) is 108 Å². The van der Waals surface area contributed by atoms with Gasteiger partial charge in [0.2, 0.25) is 0 Å². The van der Waals surface area contributed by atoms with Crippen LogP contribution in [0, 0.1) is 0 Å². The van der Waals surface area contributed by atoms with Gasteiger partial charge in [-0.3, -0.25) is 0 Å². The number of anilines is 6. The highest BCUT2D eigenvalue weighted by molar-refractivity contribution is 7.25.